The number of ether oxygens (including phenoxy) is 3. The maximum atomic E-state index is 12.7. The van der Waals surface area contributed by atoms with Gasteiger partial charge in [-0.1, -0.05) is 60.7 Å². The van der Waals surface area contributed by atoms with E-state index in [-0.39, 0.29) is 25.4 Å². The van der Waals surface area contributed by atoms with Crippen molar-refractivity contribution in [2.24, 2.45) is 0 Å². The molecule has 0 unspecified atom stereocenters. The summed E-state index contributed by atoms with van der Waals surface area (Å²) in [5, 5.41) is 11.4. The monoisotopic (exact) mass is 546 g/mol. The minimum absolute atomic E-state index is 0.0531. The summed E-state index contributed by atoms with van der Waals surface area (Å²) >= 11 is 0. The van der Waals surface area contributed by atoms with Crippen LogP contribution < -0.4 is 11.2 Å². The fourth-order valence-corrected chi connectivity index (χ4v) is 4.66. The molecule has 2 aromatic carbocycles. The number of hydrogen-bond donors (Lipinski definition) is 2. The van der Waals surface area contributed by atoms with Gasteiger partial charge in [0.05, 0.1) is 26.1 Å². The van der Waals surface area contributed by atoms with Crippen LogP contribution in [0.25, 0.3) is 0 Å². The van der Waals surface area contributed by atoms with Gasteiger partial charge in [0, 0.05) is 11.8 Å². The maximum absolute atomic E-state index is 12.7. The highest BCUT2D eigenvalue weighted by Gasteiger charge is 2.57. The van der Waals surface area contributed by atoms with Crippen LogP contribution in [-0.4, -0.2) is 60.4 Å². The quantitative estimate of drug-likeness (QED) is 0.339. The summed E-state index contributed by atoms with van der Waals surface area (Å²) in [6.45, 7) is 0.931. The molecule has 11 nitrogen and oxygen atoms in total. The van der Waals surface area contributed by atoms with Crippen LogP contribution in [0.5, 0.6) is 0 Å². The van der Waals surface area contributed by atoms with Gasteiger partial charge in [0.1, 0.15) is 24.4 Å². The van der Waals surface area contributed by atoms with Crippen LogP contribution in [0.2, 0.25) is 0 Å². The predicted molar refractivity (Wildman–Crippen MR) is 137 cm³/mol. The van der Waals surface area contributed by atoms with Crippen molar-refractivity contribution in [1.82, 2.24) is 9.55 Å². The number of aliphatic hydroxyl groups is 1. The molecule has 2 N–H and O–H groups in total. The van der Waals surface area contributed by atoms with E-state index in [9.17, 15) is 23.1 Å². The van der Waals surface area contributed by atoms with E-state index in [2.05, 4.69) is 4.98 Å². The first-order valence-corrected chi connectivity index (χ1v) is 13.7. The molecule has 4 atom stereocenters. The summed E-state index contributed by atoms with van der Waals surface area (Å²) in [4.78, 5) is 26.8. The average molecular weight is 547 g/mol. The van der Waals surface area contributed by atoms with Gasteiger partial charge in [-0.15, -0.1) is 0 Å². The Kier molecular flexibility index (Phi) is 8.61. The van der Waals surface area contributed by atoms with Crippen molar-refractivity contribution in [3.63, 3.8) is 0 Å². The number of aromatic nitrogens is 2. The van der Waals surface area contributed by atoms with Gasteiger partial charge in [-0.3, -0.25) is 18.5 Å². The summed E-state index contributed by atoms with van der Waals surface area (Å²) < 4.78 is 48.4. The molecule has 1 saturated heterocycles. The first kappa shape index (κ1) is 27.9. The number of nitrogens with zero attached hydrogens (tertiary/aromatic N) is 1. The van der Waals surface area contributed by atoms with E-state index >= 15 is 0 Å². The highest BCUT2D eigenvalue weighted by atomic mass is 32.2. The van der Waals surface area contributed by atoms with Crippen LogP contribution in [0.1, 0.15) is 22.9 Å². The van der Waals surface area contributed by atoms with E-state index in [1.165, 1.54) is 13.1 Å². The molecule has 0 bridgehead atoms. The van der Waals surface area contributed by atoms with E-state index in [0.29, 0.717) is 0 Å². The molecule has 2 heterocycles. The summed E-state index contributed by atoms with van der Waals surface area (Å²) in [5.74, 6) is 0. The second-order valence-electron chi connectivity index (χ2n) is 9.20. The van der Waals surface area contributed by atoms with Gasteiger partial charge in [-0.25, -0.2) is 4.79 Å². The van der Waals surface area contributed by atoms with Crippen molar-refractivity contribution in [3.05, 3.63) is 104 Å². The van der Waals surface area contributed by atoms with Crippen molar-refractivity contribution in [1.29, 1.82) is 0 Å². The number of nitrogens with one attached hydrogen (secondary N) is 1. The van der Waals surface area contributed by atoms with Crippen LogP contribution in [0.3, 0.4) is 0 Å². The zero-order chi connectivity index (χ0) is 27.3. The van der Waals surface area contributed by atoms with Crippen molar-refractivity contribution in [3.8, 4) is 0 Å². The van der Waals surface area contributed by atoms with Crippen LogP contribution in [0.15, 0.2) is 76.4 Å². The maximum Gasteiger partial charge on any atom is 0.330 e. The molecule has 204 valence electrons. The van der Waals surface area contributed by atoms with Crippen molar-refractivity contribution < 1.29 is 31.9 Å². The van der Waals surface area contributed by atoms with Gasteiger partial charge >= 0.3 is 5.69 Å². The Hall–Kier alpha value is -3.13. The normalized spacial score (nSPS) is 23.5. The Labute approximate surface area is 219 Å². The lowest BCUT2D eigenvalue weighted by Crippen LogP contribution is -2.52. The van der Waals surface area contributed by atoms with E-state index in [1.807, 2.05) is 60.7 Å². The van der Waals surface area contributed by atoms with Gasteiger partial charge in [0.15, 0.2) is 6.23 Å². The van der Waals surface area contributed by atoms with E-state index in [0.717, 1.165) is 21.9 Å². The molecule has 1 aromatic heterocycles. The number of aryl methyl sites for hydroxylation is 1. The van der Waals surface area contributed by atoms with Gasteiger partial charge in [-0.05, 0) is 18.1 Å². The van der Waals surface area contributed by atoms with Gasteiger partial charge in [-0.2, -0.15) is 8.42 Å². The molecule has 1 aliphatic heterocycles. The molecule has 12 heteroatoms. The van der Waals surface area contributed by atoms with Gasteiger partial charge in [0.2, 0.25) is 0 Å². The summed E-state index contributed by atoms with van der Waals surface area (Å²) in [7, 11) is -3.93. The fourth-order valence-electron chi connectivity index (χ4n) is 4.24. The Morgan fingerprint density at radius 1 is 1.00 bits per heavy atom. The first-order chi connectivity index (χ1) is 18.1. The summed E-state index contributed by atoms with van der Waals surface area (Å²) in [5.41, 5.74) is -1.16. The largest absolute Gasteiger partial charge is 0.386 e. The molecular formula is C26H30N2O9S. The topological polar surface area (TPSA) is 146 Å². The molecule has 1 fully saturated rings. The van der Waals surface area contributed by atoms with Crippen molar-refractivity contribution in [2.45, 2.75) is 44.2 Å². The van der Waals surface area contributed by atoms with Gasteiger partial charge < -0.3 is 19.3 Å². The van der Waals surface area contributed by atoms with Crippen molar-refractivity contribution in [2.75, 3.05) is 19.5 Å². The molecule has 4 rings (SSSR count). The highest BCUT2D eigenvalue weighted by Crippen LogP contribution is 2.40. The number of benzene rings is 2. The molecule has 0 aliphatic carbocycles. The fraction of sp³-hybridized carbons (Fsp3) is 0.385. The summed E-state index contributed by atoms with van der Waals surface area (Å²) in [6, 6.07) is 18.4. The highest BCUT2D eigenvalue weighted by molar-refractivity contribution is 7.85. The van der Waals surface area contributed by atoms with Crippen LogP contribution in [0.4, 0.5) is 0 Å². The number of rotatable bonds is 11. The molecule has 0 amide bonds. The molecular weight excluding hydrogens is 516 g/mol. The molecule has 38 heavy (non-hydrogen) atoms. The van der Waals surface area contributed by atoms with E-state index in [1.54, 1.807) is 0 Å². The lowest BCUT2D eigenvalue weighted by molar-refractivity contribution is -0.171. The lowest BCUT2D eigenvalue weighted by atomic mass is 9.96. The van der Waals surface area contributed by atoms with Crippen molar-refractivity contribution >= 4 is 10.1 Å². The van der Waals surface area contributed by atoms with Gasteiger partial charge in [0.25, 0.3) is 15.7 Å². The Morgan fingerprint density at radius 2 is 1.61 bits per heavy atom. The van der Waals surface area contributed by atoms with Crippen LogP contribution in [-0.2, 0) is 41.7 Å². The van der Waals surface area contributed by atoms with E-state index in [4.69, 9.17) is 18.4 Å². The predicted octanol–water partition coefficient (Wildman–Crippen LogP) is 1.25. The smallest absolute Gasteiger partial charge is 0.330 e. The molecule has 1 aliphatic rings. The van der Waals surface area contributed by atoms with Crippen LogP contribution >= 0.6 is 0 Å². The third kappa shape index (κ3) is 6.65. The third-order valence-electron chi connectivity index (χ3n) is 6.14. The Morgan fingerprint density at radius 3 is 2.21 bits per heavy atom. The minimum atomic E-state index is -3.93. The SMILES string of the molecule is Cc1cn([C@@H]2O[C@@](COCc3ccccc3)(COS(C)(=O)=O)[C@@H](OCc3ccccc3)[C@H]2O)c(=O)[nH]c1=O. The number of H-pyrrole nitrogens is 1. The molecule has 0 saturated carbocycles. The van der Waals surface area contributed by atoms with Crippen LogP contribution in [0, 0.1) is 6.92 Å². The number of hydrogen-bond acceptors (Lipinski definition) is 9. The zero-order valence-corrected chi connectivity index (χ0v) is 21.8. The molecule has 0 radical (unpaired) electrons. The number of aromatic amines is 1. The second-order valence-corrected chi connectivity index (χ2v) is 10.8. The Bertz CT molecular complexity index is 1440. The summed E-state index contributed by atoms with van der Waals surface area (Å²) in [6.07, 6.45) is -1.80. The van der Waals surface area contributed by atoms with E-state index < -0.39 is 52.0 Å². The molecule has 3 aromatic rings. The average Bonchev–Trinajstić information content (AvgIpc) is 3.16. The first-order valence-electron chi connectivity index (χ1n) is 11.9. The molecule has 0 spiro atoms. The third-order valence-corrected chi connectivity index (χ3v) is 6.69. The lowest BCUT2D eigenvalue weighted by Gasteiger charge is -2.33. The zero-order valence-electron chi connectivity index (χ0n) is 21.0. The number of aliphatic hydroxyl groups excluding tert-OH is 1. The minimum Gasteiger partial charge on any atom is -0.386 e. The standard InChI is InChI=1S/C26H30N2O9S/c1-18-13-28(25(31)27-23(18)30)24-21(29)22(35-15-20-11-7-4-8-12-20)26(37-24,17-36-38(2,32)33)16-34-14-19-9-5-3-6-10-19/h3-13,21-22,24,29H,14-17H2,1-2H3,(H,27,30,31)/t21-,22+,24-,26+/m1/s1. The second kappa shape index (κ2) is 11.7. The Balaban J connectivity index is 1.70.